The van der Waals surface area contributed by atoms with E-state index in [0.717, 1.165) is 13.2 Å². The van der Waals surface area contributed by atoms with E-state index in [9.17, 15) is 0 Å². The molecule has 4 atom stereocenters. The molecule has 2 nitrogen and oxygen atoms in total. The molecule has 0 radical (unpaired) electrons. The second-order valence-corrected chi connectivity index (χ2v) is 3.38. The van der Waals surface area contributed by atoms with Crippen molar-refractivity contribution >= 4 is 0 Å². The molecule has 68 valence electrons. The van der Waals surface area contributed by atoms with Gasteiger partial charge in [0.1, 0.15) is 0 Å². The minimum absolute atomic E-state index is 0.330. The lowest BCUT2D eigenvalue weighted by Crippen LogP contribution is -2.14. The van der Waals surface area contributed by atoms with Gasteiger partial charge < -0.3 is 9.47 Å². The second-order valence-electron chi connectivity index (χ2n) is 3.38. The van der Waals surface area contributed by atoms with Crippen LogP contribution in [0.1, 0.15) is 13.8 Å². The summed E-state index contributed by atoms with van der Waals surface area (Å²) in [6.07, 6.45) is 5.20. The molecule has 0 aromatic rings. The number of rotatable bonds is 4. The Bertz CT molecular complexity index is 188. The van der Waals surface area contributed by atoms with Gasteiger partial charge in [0, 0.05) is 25.0 Å². The maximum Gasteiger partial charge on any atom is 0.0815 e. The Labute approximate surface area is 73.5 Å². The summed E-state index contributed by atoms with van der Waals surface area (Å²) in [6.45, 7) is 5.72. The van der Waals surface area contributed by atoms with E-state index in [-0.39, 0.29) is 0 Å². The third-order valence-electron chi connectivity index (χ3n) is 2.68. The van der Waals surface area contributed by atoms with Crippen LogP contribution in [-0.2, 0) is 9.47 Å². The van der Waals surface area contributed by atoms with Gasteiger partial charge in [-0.2, -0.15) is 0 Å². The van der Waals surface area contributed by atoms with Crippen LogP contribution >= 0.6 is 0 Å². The number of hydrogen-bond donors (Lipinski definition) is 0. The third-order valence-corrected chi connectivity index (χ3v) is 2.68. The van der Waals surface area contributed by atoms with E-state index in [1.54, 1.807) is 0 Å². The molecular formula is C10H16O2. The largest absolute Gasteiger partial charge is 0.377 e. The highest BCUT2D eigenvalue weighted by atomic mass is 16.5. The quantitative estimate of drug-likeness (QED) is 0.594. The fourth-order valence-corrected chi connectivity index (χ4v) is 2.11. The van der Waals surface area contributed by atoms with Crippen molar-refractivity contribution in [1.29, 1.82) is 0 Å². The predicted octanol–water partition coefficient (Wildman–Crippen LogP) is 1.61. The first-order valence-electron chi connectivity index (χ1n) is 4.80. The van der Waals surface area contributed by atoms with Gasteiger partial charge in [0.2, 0.25) is 0 Å². The fraction of sp³-hybridized carbons (Fsp3) is 0.800. The van der Waals surface area contributed by atoms with Crippen LogP contribution in [0.5, 0.6) is 0 Å². The van der Waals surface area contributed by atoms with Crippen molar-refractivity contribution < 1.29 is 9.47 Å². The van der Waals surface area contributed by atoms with Gasteiger partial charge >= 0.3 is 0 Å². The summed E-state index contributed by atoms with van der Waals surface area (Å²) in [5.74, 6) is 1.28. The van der Waals surface area contributed by atoms with Gasteiger partial charge in [-0.1, -0.05) is 12.2 Å². The molecular weight excluding hydrogens is 152 g/mol. The first-order valence-corrected chi connectivity index (χ1v) is 4.80. The monoisotopic (exact) mass is 168 g/mol. The van der Waals surface area contributed by atoms with Crippen LogP contribution in [0, 0.1) is 11.8 Å². The highest BCUT2D eigenvalue weighted by Crippen LogP contribution is 2.50. The predicted molar refractivity (Wildman–Crippen MR) is 46.9 cm³/mol. The van der Waals surface area contributed by atoms with Crippen molar-refractivity contribution in [2.24, 2.45) is 11.8 Å². The first-order chi connectivity index (χ1) is 5.88. The van der Waals surface area contributed by atoms with Crippen LogP contribution in [0.3, 0.4) is 0 Å². The van der Waals surface area contributed by atoms with E-state index >= 15 is 0 Å². The molecule has 2 heteroatoms. The molecule has 0 N–H and O–H groups in total. The van der Waals surface area contributed by atoms with Crippen molar-refractivity contribution in [3.05, 3.63) is 12.2 Å². The Morgan fingerprint density at radius 1 is 1.08 bits per heavy atom. The molecule has 0 aromatic carbocycles. The molecule has 12 heavy (non-hydrogen) atoms. The Morgan fingerprint density at radius 2 is 1.83 bits per heavy atom. The molecule has 2 rings (SSSR count). The summed E-state index contributed by atoms with van der Waals surface area (Å²) in [5, 5.41) is 0. The van der Waals surface area contributed by atoms with E-state index in [1.165, 1.54) is 0 Å². The molecule has 0 saturated heterocycles. The molecule has 0 amide bonds. The smallest absolute Gasteiger partial charge is 0.0815 e. The molecule has 1 fully saturated rings. The summed E-state index contributed by atoms with van der Waals surface area (Å²) in [4.78, 5) is 0. The van der Waals surface area contributed by atoms with Crippen LogP contribution in [0.2, 0.25) is 0 Å². The van der Waals surface area contributed by atoms with Gasteiger partial charge in [-0.25, -0.2) is 0 Å². The van der Waals surface area contributed by atoms with E-state index in [2.05, 4.69) is 12.2 Å². The van der Waals surface area contributed by atoms with Crippen molar-refractivity contribution in [3.8, 4) is 0 Å². The lowest BCUT2D eigenvalue weighted by Gasteiger charge is -2.10. The van der Waals surface area contributed by atoms with Gasteiger partial charge in [-0.15, -0.1) is 0 Å². The molecule has 0 aromatic heterocycles. The summed E-state index contributed by atoms with van der Waals surface area (Å²) in [5.41, 5.74) is 0. The molecule has 0 aliphatic heterocycles. The number of hydrogen-bond acceptors (Lipinski definition) is 2. The molecule has 0 bridgehead atoms. The van der Waals surface area contributed by atoms with Crippen LogP contribution in [0.25, 0.3) is 0 Å². The van der Waals surface area contributed by atoms with Gasteiger partial charge in [0.25, 0.3) is 0 Å². The zero-order valence-corrected chi connectivity index (χ0v) is 7.69. The fourth-order valence-electron chi connectivity index (χ4n) is 2.11. The normalized spacial score (nSPS) is 43.2. The zero-order chi connectivity index (χ0) is 8.55. The molecule has 2 aliphatic carbocycles. The SMILES string of the molecule is CCO[C@H]1[C@@H]2C=C[C@@H](OCC)[C@@H]21. The molecule has 0 spiro atoms. The molecule has 0 unspecified atom stereocenters. The summed E-state index contributed by atoms with van der Waals surface area (Å²) in [7, 11) is 0. The van der Waals surface area contributed by atoms with E-state index in [0.29, 0.717) is 24.0 Å². The topological polar surface area (TPSA) is 18.5 Å². The highest BCUT2D eigenvalue weighted by Gasteiger charge is 2.56. The van der Waals surface area contributed by atoms with Crippen LogP contribution in [0.4, 0.5) is 0 Å². The first kappa shape index (κ1) is 8.27. The van der Waals surface area contributed by atoms with Crippen molar-refractivity contribution in [2.75, 3.05) is 13.2 Å². The van der Waals surface area contributed by atoms with Crippen molar-refractivity contribution in [2.45, 2.75) is 26.1 Å². The minimum atomic E-state index is 0.330. The maximum atomic E-state index is 5.57. The minimum Gasteiger partial charge on any atom is -0.377 e. The average Bonchev–Trinajstić information content (AvgIpc) is 2.55. The second kappa shape index (κ2) is 3.19. The van der Waals surface area contributed by atoms with Gasteiger partial charge in [-0.3, -0.25) is 0 Å². The lowest BCUT2D eigenvalue weighted by atomic mass is 10.2. The Balaban J connectivity index is 1.86. The van der Waals surface area contributed by atoms with Crippen LogP contribution in [-0.4, -0.2) is 25.4 Å². The zero-order valence-electron chi connectivity index (χ0n) is 7.69. The summed E-state index contributed by atoms with van der Waals surface area (Å²) >= 11 is 0. The molecule has 1 saturated carbocycles. The maximum absolute atomic E-state index is 5.57. The Hall–Kier alpha value is -0.340. The summed E-state index contributed by atoms with van der Waals surface area (Å²) in [6, 6.07) is 0. The van der Waals surface area contributed by atoms with Gasteiger partial charge in [0.15, 0.2) is 0 Å². The molecule has 2 aliphatic rings. The van der Waals surface area contributed by atoms with E-state index in [4.69, 9.17) is 9.47 Å². The van der Waals surface area contributed by atoms with Crippen molar-refractivity contribution in [3.63, 3.8) is 0 Å². The van der Waals surface area contributed by atoms with E-state index < -0.39 is 0 Å². The number of ether oxygens (including phenoxy) is 2. The van der Waals surface area contributed by atoms with Crippen molar-refractivity contribution in [1.82, 2.24) is 0 Å². The Morgan fingerprint density at radius 3 is 2.50 bits per heavy atom. The van der Waals surface area contributed by atoms with Gasteiger partial charge in [0.05, 0.1) is 12.2 Å². The third kappa shape index (κ3) is 1.19. The standard InChI is InChI=1S/C10H16O2/c1-3-11-8-6-5-7-9(8)10(7)12-4-2/h5-10H,3-4H2,1-2H3/t7-,8-,9-,10+/m1/s1. The summed E-state index contributed by atoms with van der Waals surface area (Å²) < 4.78 is 11.1. The van der Waals surface area contributed by atoms with Gasteiger partial charge in [-0.05, 0) is 13.8 Å². The van der Waals surface area contributed by atoms with E-state index in [1.807, 2.05) is 13.8 Å². The Kier molecular flexibility index (Phi) is 2.20. The van der Waals surface area contributed by atoms with Crippen LogP contribution in [0.15, 0.2) is 12.2 Å². The molecule has 0 heterocycles. The highest BCUT2D eigenvalue weighted by molar-refractivity contribution is 5.23. The average molecular weight is 168 g/mol. The number of fused-ring (bicyclic) bond motifs is 1. The lowest BCUT2D eigenvalue weighted by molar-refractivity contribution is 0.0499. The van der Waals surface area contributed by atoms with Crippen LogP contribution < -0.4 is 0 Å².